The minimum Gasteiger partial charge on any atom is -0.323 e. The van der Waals surface area contributed by atoms with Crippen molar-refractivity contribution in [2.45, 2.75) is 38.9 Å². The van der Waals surface area contributed by atoms with E-state index in [-0.39, 0.29) is 0 Å². The summed E-state index contributed by atoms with van der Waals surface area (Å²) in [6, 6.07) is 0.514. The lowest BCUT2D eigenvalue weighted by Crippen LogP contribution is -2.00. The normalized spacial score (nSPS) is 11.1. The quantitative estimate of drug-likeness (QED) is 0.672. The first-order valence-corrected chi connectivity index (χ1v) is 5.32. The van der Waals surface area contributed by atoms with Gasteiger partial charge < -0.3 is 4.57 Å². The highest BCUT2D eigenvalue weighted by Gasteiger charge is 2.07. The number of nitrogens with zero attached hydrogens (tertiary/aromatic N) is 2. The molecule has 0 bridgehead atoms. The van der Waals surface area contributed by atoms with Crippen LogP contribution in [0.5, 0.6) is 0 Å². The van der Waals surface area contributed by atoms with Crippen molar-refractivity contribution in [1.82, 2.24) is 9.55 Å². The second-order valence-electron chi connectivity index (χ2n) is 3.10. The molecule has 0 radical (unpaired) electrons. The number of hydrogen-bond donors (Lipinski definition) is 0. The van der Waals surface area contributed by atoms with Gasteiger partial charge in [0.25, 0.3) is 0 Å². The lowest BCUT2D eigenvalue weighted by atomic mass is 10.4. The van der Waals surface area contributed by atoms with Crippen molar-refractivity contribution in [3.05, 3.63) is 11.9 Å². The summed E-state index contributed by atoms with van der Waals surface area (Å²) >= 11 is 1.80. The lowest BCUT2D eigenvalue weighted by molar-refractivity contribution is 0.549. The maximum Gasteiger partial charge on any atom is 0.168 e. The Balaban J connectivity index is 2.92. The highest BCUT2D eigenvalue weighted by Crippen LogP contribution is 2.20. The van der Waals surface area contributed by atoms with Gasteiger partial charge in [-0.15, -0.1) is 0 Å². The first-order chi connectivity index (χ1) is 5.65. The van der Waals surface area contributed by atoms with Crippen LogP contribution in [0.25, 0.3) is 0 Å². The van der Waals surface area contributed by atoms with Crippen molar-refractivity contribution in [2.75, 3.05) is 5.75 Å². The third-order valence-electron chi connectivity index (χ3n) is 1.65. The highest BCUT2D eigenvalue weighted by molar-refractivity contribution is 7.99. The summed E-state index contributed by atoms with van der Waals surface area (Å²) in [5, 5.41) is 1.14. The van der Waals surface area contributed by atoms with E-state index in [9.17, 15) is 0 Å². The summed E-state index contributed by atoms with van der Waals surface area (Å²) in [6.45, 7) is 8.56. The Labute approximate surface area is 78.4 Å². The largest absolute Gasteiger partial charge is 0.323 e. The molecule has 0 saturated heterocycles. The number of imidazole rings is 1. The molecule has 1 aromatic rings. The van der Waals surface area contributed by atoms with Crippen molar-refractivity contribution >= 4 is 11.8 Å². The Morgan fingerprint density at radius 3 is 2.75 bits per heavy atom. The fourth-order valence-electron chi connectivity index (χ4n) is 1.10. The predicted octanol–water partition coefficient (Wildman–Crippen LogP) is 2.88. The van der Waals surface area contributed by atoms with Crippen molar-refractivity contribution in [3.8, 4) is 0 Å². The van der Waals surface area contributed by atoms with E-state index in [4.69, 9.17) is 0 Å². The lowest BCUT2D eigenvalue weighted by Gasteiger charge is -2.09. The summed E-state index contributed by atoms with van der Waals surface area (Å²) < 4.78 is 2.23. The van der Waals surface area contributed by atoms with Gasteiger partial charge in [0.2, 0.25) is 0 Å². The van der Waals surface area contributed by atoms with Crippen LogP contribution in [0, 0.1) is 6.92 Å². The molecular formula is C9H16N2S. The summed E-state index contributed by atoms with van der Waals surface area (Å²) in [5.74, 6) is 1.09. The van der Waals surface area contributed by atoms with Gasteiger partial charge in [-0.25, -0.2) is 4.98 Å². The summed E-state index contributed by atoms with van der Waals surface area (Å²) in [5.41, 5.74) is 1.11. The Hall–Kier alpha value is -0.440. The van der Waals surface area contributed by atoms with Gasteiger partial charge in [-0.3, -0.25) is 0 Å². The van der Waals surface area contributed by atoms with Crippen LogP contribution in [-0.2, 0) is 0 Å². The maximum absolute atomic E-state index is 4.45. The van der Waals surface area contributed by atoms with Crippen LogP contribution in [0.1, 0.15) is 32.5 Å². The number of rotatable bonds is 3. The minimum atomic E-state index is 0.514. The SMILES string of the molecule is CCSc1nc(C)cn1C(C)C. The average molecular weight is 184 g/mol. The third-order valence-corrected chi connectivity index (χ3v) is 2.50. The molecule has 1 heterocycles. The molecule has 0 aromatic carbocycles. The van der Waals surface area contributed by atoms with E-state index in [1.54, 1.807) is 11.8 Å². The van der Waals surface area contributed by atoms with Crippen LogP contribution in [0.4, 0.5) is 0 Å². The number of thioether (sulfide) groups is 1. The fraction of sp³-hybridized carbons (Fsp3) is 0.667. The average Bonchev–Trinajstić information content (AvgIpc) is 2.32. The minimum absolute atomic E-state index is 0.514. The molecule has 0 spiro atoms. The zero-order chi connectivity index (χ0) is 9.14. The molecule has 1 rings (SSSR count). The Morgan fingerprint density at radius 1 is 1.58 bits per heavy atom. The van der Waals surface area contributed by atoms with Crippen LogP contribution >= 0.6 is 11.8 Å². The smallest absolute Gasteiger partial charge is 0.168 e. The number of aryl methyl sites for hydroxylation is 1. The molecule has 2 nitrogen and oxygen atoms in total. The van der Waals surface area contributed by atoms with Crippen LogP contribution < -0.4 is 0 Å². The molecule has 0 saturated carbocycles. The molecule has 12 heavy (non-hydrogen) atoms. The molecule has 0 N–H and O–H groups in total. The van der Waals surface area contributed by atoms with E-state index in [1.807, 2.05) is 6.92 Å². The molecule has 3 heteroatoms. The zero-order valence-electron chi connectivity index (χ0n) is 8.16. The summed E-state index contributed by atoms with van der Waals surface area (Å²) in [6.07, 6.45) is 2.11. The van der Waals surface area contributed by atoms with Gasteiger partial charge in [0, 0.05) is 12.2 Å². The predicted molar refractivity (Wildman–Crippen MR) is 53.7 cm³/mol. The van der Waals surface area contributed by atoms with Gasteiger partial charge >= 0.3 is 0 Å². The van der Waals surface area contributed by atoms with Gasteiger partial charge in [-0.05, 0) is 26.5 Å². The van der Waals surface area contributed by atoms with Gasteiger partial charge in [0.15, 0.2) is 5.16 Å². The molecule has 0 atom stereocenters. The van der Waals surface area contributed by atoms with Crippen molar-refractivity contribution in [3.63, 3.8) is 0 Å². The molecule has 0 amide bonds. The molecule has 1 aromatic heterocycles. The molecule has 0 aliphatic heterocycles. The molecule has 0 aliphatic carbocycles. The third kappa shape index (κ3) is 2.03. The number of aromatic nitrogens is 2. The summed E-state index contributed by atoms with van der Waals surface area (Å²) in [7, 11) is 0. The molecule has 0 fully saturated rings. The van der Waals surface area contributed by atoms with E-state index >= 15 is 0 Å². The van der Waals surface area contributed by atoms with E-state index in [2.05, 4.69) is 36.5 Å². The van der Waals surface area contributed by atoms with E-state index < -0.39 is 0 Å². The molecule has 68 valence electrons. The van der Waals surface area contributed by atoms with Crippen molar-refractivity contribution < 1.29 is 0 Å². The van der Waals surface area contributed by atoms with Gasteiger partial charge in [0.1, 0.15) is 0 Å². The molecule has 0 unspecified atom stereocenters. The van der Waals surface area contributed by atoms with Crippen molar-refractivity contribution in [1.29, 1.82) is 0 Å². The van der Waals surface area contributed by atoms with E-state index in [0.717, 1.165) is 16.6 Å². The van der Waals surface area contributed by atoms with E-state index in [0.29, 0.717) is 6.04 Å². The second kappa shape index (κ2) is 3.99. The van der Waals surface area contributed by atoms with Crippen LogP contribution in [-0.4, -0.2) is 15.3 Å². The van der Waals surface area contributed by atoms with Crippen LogP contribution in [0.3, 0.4) is 0 Å². The van der Waals surface area contributed by atoms with Crippen molar-refractivity contribution in [2.24, 2.45) is 0 Å². The van der Waals surface area contributed by atoms with Crippen LogP contribution in [0.15, 0.2) is 11.4 Å². The topological polar surface area (TPSA) is 17.8 Å². The first kappa shape index (κ1) is 9.65. The van der Waals surface area contributed by atoms with Gasteiger partial charge in [-0.1, -0.05) is 18.7 Å². The Kier molecular flexibility index (Phi) is 3.20. The maximum atomic E-state index is 4.45. The Morgan fingerprint density at radius 2 is 2.25 bits per heavy atom. The zero-order valence-corrected chi connectivity index (χ0v) is 8.98. The van der Waals surface area contributed by atoms with Gasteiger partial charge in [-0.2, -0.15) is 0 Å². The summed E-state index contributed by atoms with van der Waals surface area (Å²) in [4.78, 5) is 4.45. The molecule has 0 aliphatic rings. The second-order valence-corrected chi connectivity index (χ2v) is 4.33. The molecular weight excluding hydrogens is 168 g/mol. The first-order valence-electron chi connectivity index (χ1n) is 4.33. The number of hydrogen-bond acceptors (Lipinski definition) is 2. The Bertz CT molecular complexity index is 253. The highest BCUT2D eigenvalue weighted by atomic mass is 32.2. The standard InChI is InChI=1S/C9H16N2S/c1-5-12-9-10-8(4)6-11(9)7(2)3/h6-7H,5H2,1-4H3. The monoisotopic (exact) mass is 184 g/mol. The van der Waals surface area contributed by atoms with E-state index in [1.165, 1.54) is 0 Å². The fourth-order valence-corrected chi connectivity index (χ4v) is 1.98. The van der Waals surface area contributed by atoms with Gasteiger partial charge in [0.05, 0.1) is 5.69 Å². The van der Waals surface area contributed by atoms with Crippen LogP contribution in [0.2, 0.25) is 0 Å².